The molecule has 0 spiro atoms. The average molecular weight is 193 g/mol. The molecule has 1 heterocycles. The summed E-state index contributed by atoms with van der Waals surface area (Å²) >= 11 is 0. The van der Waals surface area contributed by atoms with Crippen LogP contribution in [0.25, 0.3) is 0 Å². The fraction of sp³-hybridized carbons (Fsp3) is 0.400. The van der Waals surface area contributed by atoms with Crippen molar-refractivity contribution in [1.82, 2.24) is 4.98 Å². The Morgan fingerprint density at radius 2 is 2.50 bits per heavy atom. The Kier molecular flexibility index (Phi) is 4.07. The van der Waals surface area contributed by atoms with Crippen LogP contribution in [0.1, 0.15) is 13.3 Å². The second kappa shape index (κ2) is 5.34. The number of aromatic nitrogens is 1. The number of carbonyl (C=O) groups excluding carboxylic acids is 1. The van der Waals surface area contributed by atoms with Crippen LogP contribution in [0, 0.1) is 5.92 Å². The molecular weight excluding hydrogens is 178 g/mol. The SMILES string of the molecule is CC(CN)CC(=O)Nc1cccnc1. The Morgan fingerprint density at radius 3 is 3.07 bits per heavy atom. The van der Waals surface area contributed by atoms with Crippen molar-refractivity contribution >= 4 is 11.6 Å². The van der Waals surface area contributed by atoms with Crippen LogP contribution < -0.4 is 11.1 Å². The third-order valence-corrected chi connectivity index (χ3v) is 1.88. The fourth-order valence-electron chi connectivity index (χ4n) is 1.05. The first-order valence-electron chi connectivity index (χ1n) is 4.62. The molecule has 0 fully saturated rings. The van der Waals surface area contributed by atoms with E-state index in [0.29, 0.717) is 13.0 Å². The van der Waals surface area contributed by atoms with E-state index in [1.807, 2.05) is 6.92 Å². The maximum absolute atomic E-state index is 11.4. The van der Waals surface area contributed by atoms with Crippen LogP contribution in [-0.2, 0) is 4.79 Å². The Hall–Kier alpha value is -1.42. The van der Waals surface area contributed by atoms with Gasteiger partial charge in [-0.1, -0.05) is 6.92 Å². The highest BCUT2D eigenvalue weighted by atomic mass is 16.1. The molecule has 1 aromatic heterocycles. The van der Waals surface area contributed by atoms with Crippen molar-refractivity contribution in [1.29, 1.82) is 0 Å². The molecule has 4 heteroatoms. The molecule has 4 nitrogen and oxygen atoms in total. The molecule has 14 heavy (non-hydrogen) atoms. The van der Waals surface area contributed by atoms with Crippen LogP contribution in [-0.4, -0.2) is 17.4 Å². The van der Waals surface area contributed by atoms with Crippen molar-refractivity contribution in [3.8, 4) is 0 Å². The molecule has 0 aliphatic heterocycles. The van der Waals surface area contributed by atoms with Crippen molar-refractivity contribution in [2.45, 2.75) is 13.3 Å². The fourth-order valence-corrected chi connectivity index (χ4v) is 1.05. The van der Waals surface area contributed by atoms with E-state index in [2.05, 4.69) is 10.3 Å². The third-order valence-electron chi connectivity index (χ3n) is 1.88. The van der Waals surface area contributed by atoms with Crippen molar-refractivity contribution in [2.24, 2.45) is 11.7 Å². The quantitative estimate of drug-likeness (QED) is 0.749. The zero-order valence-corrected chi connectivity index (χ0v) is 8.23. The summed E-state index contributed by atoms with van der Waals surface area (Å²) in [6, 6.07) is 3.58. The molecule has 0 radical (unpaired) electrons. The third kappa shape index (κ3) is 3.53. The van der Waals surface area contributed by atoms with E-state index in [1.54, 1.807) is 24.5 Å². The largest absolute Gasteiger partial charge is 0.330 e. The van der Waals surface area contributed by atoms with Gasteiger partial charge in [-0.25, -0.2) is 0 Å². The first kappa shape index (κ1) is 10.7. The summed E-state index contributed by atoms with van der Waals surface area (Å²) in [6.07, 6.45) is 3.73. The first-order valence-corrected chi connectivity index (χ1v) is 4.62. The van der Waals surface area contributed by atoms with Crippen LogP contribution >= 0.6 is 0 Å². The second-order valence-electron chi connectivity index (χ2n) is 3.33. The molecule has 3 N–H and O–H groups in total. The minimum atomic E-state index is -0.0176. The molecule has 0 bridgehead atoms. The molecule has 1 aromatic rings. The van der Waals surface area contributed by atoms with Gasteiger partial charge < -0.3 is 11.1 Å². The van der Waals surface area contributed by atoms with Gasteiger partial charge in [0.1, 0.15) is 0 Å². The molecule has 0 saturated carbocycles. The monoisotopic (exact) mass is 193 g/mol. The lowest BCUT2D eigenvalue weighted by Gasteiger charge is -2.08. The molecule has 1 atom stereocenters. The van der Waals surface area contributed by atoms with E-state index in [1.165, 1.54) is 0 Å². The maximum atomic E-state index is 11.4. The van der Waals surface area contributed by atoms with Gasteiger partial charge in [-0.05, 0) is 24.6 Å². The molecule has 0 aliphatic carbocycles. The molecule has 0 aromatic carbocycles. The van der Waals surface area contributed by atoms with E-state index in [-0.39, 0.29) is 11.8 Å². The maximum Gasteiger partial charge on any atom is 0.224 e. The summed E-state index contributed by atoms with van der Waals surface area (Å²) in [6.45, 7) is 2.48. The van der Waals surface area contributed by atoms with Crippen molar-refractivity contribution < 1.29 is 4.79 Å². The molecule has 0 aliphatic rings. The number of hydrogen-bond donors (Lipinski definition) is 2. The lowest BCUT2D eigenvalue weighted by Crippen LogP contribution is -2.20. The molecule has 1 rings (SSSR count). The van der Waals surface area contributed by atoms with Gasteiger partial charge in [-0.15, -0.1) is 0 Å². The van der Waals surface area contributed by atoms with E-state index < -0.39 is 0 Å². The number of nitrogens with zero attached hydrogens (tertiary/aromatic N) is 1. The predicted octanol–water partition coefficient (Wildman–Crippen LogP) is 1.00. The highest BCUT2D eigenvalue weighted by Crippen LogP contribution is 2.06. The summed E-state index contributed by atoms with van der Waals surface area (Å²) in [5.41, 5.74) is 6.15. The Morgan fingerprint density at radius 1 is 1.71 bits per heavy atom. The second-order valence-corrected chi connectivity index (χ2v) is 3.33. The summed E-state index contributed by atoms with van der Waals surface area (Å²) in [5.74, 6) is 0.197. The average Bonchev–Trinajstić information content (AvgIpc) is 2.19. The van der Waals surface area contributed by atoms with Gasteiger partial charge in [0.2, 0.25) is 5.91 Å². The minimum absolute atomic E-state index is 0.0176. The number of hydrogen-bond acceptors (Lipinski definition) is 3. The van der Waals surface area contributed by atoms with Crippen LogP contribution in [0.15, 0.2) is 24.5 Å². The summed E-state index contributed by atoms with van der Waals surface area (Å²) in [4.78, 5) is 15.3. The van der Waals surface area contributed by atoms with E-state index >= 15 is 0 Å². The van der Waals surface area contributed by atoms with Gasteiger partial charge in [0, 0.05) is 12.6 Å². The predicted molar refractivity (Wildman–Crippen MR) is 55.7 cm³/mol. The minimum Gasteiger partial charge on any atom is -0.330 e. The molecule has 1 unspecified atom stereocenters. The van der Waals surface area contributed by atoms with Crippen molar-refractivity contribution in [3.05, 3.63) is 24.5 Å². The lowest BCUT2D eigenvalue weighted by molar-refractivity contribution is -0.116. The smallest absolute Gasteiger partial charge is 0.224 e. The first-order chi connectivity index (χ1) is 6.72. The number of rotatable bonds is 4. The standard InChI is InChI=1S/C10H15N3O/c1-8(6-11)5-10(14)13-9-3-2-4-12-7-9/h2-4,7-8H,5-6,11H2,1H3,(H,13,14). The molecule has 76 valence electrons. The number of anilines is 1. The highest BCUT2D eigenvalue weighted by molar-refractivity contribution is 5.90. The topological polar surface area (TPSA) is 68.0 Å². The van der Waals surface area contributed by atoms with E-state index in [9.17, 15) is 4.79 Å². The van der Waals surface area contributed by atoms with Crippen molar-refractivity contribution in [3.63, 3.8) is 0 Å². The zero-order valence-electron chi connectivity index (χ0n) is 8.23. The van der Waals surface area contributed by atoms with Gasteiger partial charge in [0.15, 0.2) is 0 Å². The van der Waals surface area contributed by atoms with Crippen molar-refractivity contribution in [2.75, 3.05) is 11.9 Å². The molecule has 1 amide bonds. The summed E-state index contributed by atoms with van der Waals surface area (Å²) < 4.78 is 0. The normalized spacial score (nSPS) is 12.1. The van der Waals surface area contributed by atoms with Gasteiger partial charge in [-0.3, -0.25) is 9.78 Å². The number of nitrogens with two attached hydrogens (primary N) is 1. The number of nitrogens with one attached hydrogen (secondary N) is 1. The van der Waals surface area contributed by atoms with Gasteiger partial charge in [0.25, 0.3) is 0 Å². The van der Waals surface area contributed by atoms with E-state index in [0.717, 1.165) is 5.69 Å². The molecule has 0 saturated heterocycles. The van der Waals surface area contributed by atoms with Gasteiger partial charge >= 0.3 is 0 Å². The molecular formula is C10H15N3O. The van der Waals surface area contributed by atoms with Crippen LogP contribution in [0.2, 0.25) is 0 Å². The van der Waals surface area contributed by atoms with E-state index in [4.69, 9.17) is 5.73 Å². The number of carbonyl (C=O) groups is 1. The van der Waals surface area contributed by atoms with Gasteiger partial charge in [-0.2, -0.15) is 0 Å². The zero-order chi connectivity index (χ0) is 10.4. The highest BCUT2D eigenvalue weighted by Gasteiger charge is 2.07. The van der Waals surface area contributed by atoms with Crippen LogP contribution in [0.5, 0.6) is 0 Å². The van der Waals surface area contributed by atoms with Crippen LogP contribution in [0.3, 0.4) is 0 Å². The van der Waals surface area contributed by atoms with Gasteiger partial charge in [0.05, 0.1) is 11.9 Å². The lowest BCUT2D eigenvalue weighted by atomic mass is 10.1. The summed E-state index contributed by atoms with van der Waals surface area (Å²) in [5, 5.41) is 2.75. The number of pyridine rings is 1. The Bertz CT molecular complexity index is 287. The number of amides is 1. The summed E-state index contributed by atoms with van der Waals surface area (Å²) in [7, 11) is 0. The Labute approximate surface area is 83.5 Å². The van der Waals surface area contributed by atoms with Crippen LogP contribution in [0.4, 0.5) is 5.69 Å². The Balaban J connectivity index is 2.42.